The lowest BCUT2D eigenvalue weighted by atomic mass is 9.76. The average Bonchev–Trinajstić information content (AvgIpc) is 2.41. The predicted octanol–water partition coefficient (Wildman–Crippen LogP) is 1.36. The molecule has 0 bridgehead atoms. The van der Waals surface area contributed by atoms with Gasteiger partial charge in [-0.2, -0.15) is 0 Å². The van der Waals surface area contributed by atoms with Crippen LogP contribution in [0.1, 0.15) is 24.3 Å². The minimum atomic E-state index is -0.664. The number of hydrogen-bond donors (Lipinski definition) is 3. The van der Waals surface area contributed by atoms with Gasteiger partial charge in [-0.15, -0.1) is 6.42 Å². The van der Waals surface area contributed by atoms with Crippen LogP contribution < -0.4 is 10.6 Å². The van der Waals surface area contributed by atoms with Gasteiger partial charge in [-0.25, -0.2) is 9.18 Å². The quantitative estimate of drug-likeness (QED) is 0.727. The van der Waals surface area contributed by atoms with Gasteiger partial charge in [0.15, 0.2) is 0 Å². The molecule has 0 heterocycles. The van der Waals surface area contributed by atoms with Gasteiger partial charge in [-0.3, -0.25) is 0 Å². The van der Waals surface area contributed by atoms with Gasteiger partial charge in [0.1, 0.15) is 11.9 Å². The number of carbonyl (C=O) groups excluding carboxylic acids is 1. The number of nitrogens with one attached hydrogen (secondary N) is 2. The summed E-state index contributed by atoms with van der Waals surface area (Å²) in [6.07, 6.45) is 6.77. The fraction of sp³-hybridized carbons (Fsp3) is 0.400. The SMILES string of the molecule is C#C[C@H](CO)NC(=O)NC1CC(c2ccc(F)cc2)C1. The number of rotatable bonds is 4. The van der Waals surface area contributed by atoms with Gasteiger partial charge in [0.05, 0.1) is 6.61 Å². The number of aliphatic hydroxyl groups is 1. The van der Waals surface area contributed by atoms with E-state index in [0.717, 1.165) is 18.4 Å². The lowest BCUT2D eigenvalue weighted by Gasteiger charge is -2.36. The van der Waals surface area contributed by atoms with E-state index in [-0.39, 0.29) is 24.5 Å². The molecule has 0 aromatic heterocycles. The molecule has 5 heteroatoms. The molecule has 20 heavy (non-hydrogen) atoms. The summed E-state index contributed by atoms with van der Waals surface area (Å²) in [6.45, 7) is -0.285. The van der Waals surface area contributed by atoms with E-state index in [4.69, 9.17) is 11.5 Å². The van der Waals surface area contributed by atoms with Crippen LogP contribution in [0, 0.1) is 18.2 Å². The van der Waals surface area contributed by atoms with Crippen molar-refractivity contribution in [2.45, 2.75) is 30.8 Å². The maximum atomic E-state index is 12.8. The first-order chi connectivity index (χ1) is 9.62. The zero-order valence-electron chi connectivity index (χ0n) is 11.0. The van der Waals surface area contributed by atoms with Crippen LogP contribution in [0.5, 0.6) is 0 Å². The number of aliphatic hydroxyl groups excluding tert-OH is 1. The summed E-state index contributed by atoms with van der Waals surface area (Å²) in [5, 5.41) is 14.2. The summed E-state index contributed by atoms with van der Waals surface area (Å²) >= 11 is 0. The Labute approximate surface area is 117 Å². The fourth-order valence-electron chi connectivity index (χ4n) is 2.27. The molecule has 106 valence electrons. The van der Waals surface area contributed by atoms with Gasteiger partial charge in [-0.1, -0.05) is 18.1 Å². The van der Waals surface area contributed by atoms with E-state index >= 15 is 0 Å². The second-order valence-electron chi connectivity index (χ2n) is 4.94. The Balaban J connectivity index is 1.75. The highest BCUT2D eigenvalue weighted by molar-refractivity contribution is 5.75. The zero-order valence-corrected chi connectivity index (χ0v) is 11.0. The maximum Gasteiger partial charge on any atom is 0.316 e. The summed E-state index contributed by atoms with van der Waals surface area (Å²) in [5.41, 5.74) is 1.08. The standard InChI is InChI=1S/C15H17FN2O2/c1-2-13(9-19)17-15(20)18-14-7-11(8-14)10-3-5-12(16)6-4-10/h1,3-6,11,13-14,19H,7-9H2,(H2,17,18,20)/t11?,13-,14?/m1/s1. The highest BCUT2D eigenvalue weighted by Gasteiger charge is 2.31. The Kier molecular flexibility index (Phi) is 4.59. The maximum absolute atomic E-state index is 12.8. The van der Waals surface area contributed by atoms with Crippen LogP contribution in [-0.4, -0.2) is 29.8 Å². The predicted molar refractivity (Wildman–Crippen MR) is 73.5 cm³/mol. The smallest absolute Gasteiger partial charge is 0.316 e. The Hall–Kier alpha value is -2.06. The molecule has 1 fully saturated rings. The van der Waals surface area contributed by atoms with E-state index in [1.165, 1.54) is 12.1 Å². The molecule has 1 aliphatic carbocycles. The third-order valence-electron chi connectivity index (χ3n) is 3.50. The van der Waals surface area contributed by atoms with Crippen molar-refractivity contribution in [1.82, 2.24) is 10.6 Å². The van der Waals surface area contributed by atoms with Gasteiger partial charge in [0, 0.05) is 6.04 Å². The molecule has 1 aromatic carbocycles. The third-order valence-corrected chi connectivity index (χ3v) is 3.50. The highest BCUT2D eigenvalue weighted by Crippen LogP contribution is 2.36. The van der Waals surface area contributed by atoms with E-state index in [1.54, 1.807) is 12.1 Å². The highest BCUT2D eigenvalue weighted by atomic mass is 19.1. The van der Waals surface area contributed by atoms with Crippen LogP contribution in [0.25, 0.3) is 0 Å². The molecule has 4 nitrogen and oxygen atoms in total. The van der Waals surface area contributed by atoms with Crippen molar-refractivity contribution in [3.8, 4) is 12.3 Å². The molecule has 3 N–H and O–H groups in total. The number of terminal acetylenes is 1. The van der Waals surface area contributed by atoms with Crippen molar-refractivity contribution in [3.05, 3.63) is 35.6 Å². The van der Waals surface area contributed by atoms with Crippen LogP contribution in [0.3, 0.4) is 0 Å². The van der Waals surface area contributed by atoms with Crippen LogP contribution in [0.15, 0.2) is 24.3 Å². The van der Waals surface area contributed by atoms with Gasteiger partial charge < -0.3 is 15.7 Å². The summed E-state index contributed by atoms with van der Waals surface area (Å²) in [5.74, 6) is 2.38. The molecule has 0 radical (unpaired) electrons. The zero-order chi connectivity index (χ0) is 14.5. The summed E-state index contributed by atoms with van der Waals surface area (Å²) in [4.78, 5) is 11.6. The van der Waals surface area contributed by atoms with Crippen molar-refractivity contribution in [1.29, 1.82) is 0 Å². The summed E-state index contributed by atoms with van der Waals surface area (Å²) in [7, 11) is 0. The van der Waals surface area contributed by atoms with Gasteiger partial charge >= 0.3 is 6.03 Å². The minimum Gasteiger partial charge on any atom is -0.393 e. The number of carbonyl (C=O) groups is 1. The van der Waals surface area contributed by atoms with E-state index in [1.807, 2.05) is 0 Å². The van der Waals surface area contributed by atoms with Crippen molar-refractivity contribution in [2.75, 3.05) is 6.61 Å². The molecule has 1 saturated carbocycles. The van der Waals surface area contributed by atoms with Crippen LogP contribution in [0.4, 0.5) is 9.18 Å². The molecular weight excluding hydrogens is 259 g/mol. The normalized spacial score (nSPS) is 22.2. The average molecular weight is 276 g/mol. The Morgan fingerprint density at radius 2 is 2.10 bits per heavy atom. The first-order valence-electron chi connectivity index (χ1n) is 6.52. The Morgan fingerprint density at radius 3 is 2.65 bits per heavy atom. The van der Waals surface area contributed by atoms with Gasteiger partial charge in [-0.05, 0) is 36.5 Å². The van der Waals surface area contributed by atoms with E-state index in [9.17, 15) is 9.18 Å². The minimum absolute atomic E-state index is 0.0853. The van der Waals surface area contributed by atoms with Crippen molar-refractivity contribution >= 4 is 6.03 Å². The molecular formula is C15H17FN2O2. The van der Waals surface area contributed by atoms with Crippen molar-refractivity contribution < 1.29 is 14.3 Å². The molecule has 0 aliphatic heterocycles. The van der Waals surface area contributed by atoms with E-state index < -0.39 is 6.04 Å². The Morgan fingerprint density at radius 1 is 1.45 bits per heavy atom. The molecule has 2 rings (SSSR count). The topological polar surface area (TPSA) is 61.4 Å². The van der Waals surface area contributed by atoms with Gasteiger partial charge in [0.25, 0.3) is 0 Å². The fourth-order valence-corrected chi connectivity index (χ4v) is 2.27. The molecule has 0 spiro atoms. The molecule has 0 unspecified atom stereocenters. The first kappa shape index (κ1) is 14.4. The number of benzene rings is 1. The Bertz CT molecular complexity index is 504. The third kappa shape index (κ3) is 3.49. The molecule has 0 saturated heterocycles. The lowest BCUT2D eigenvalue weighted by Crippen LogP contribution is -2.50. The van der Waals surface area contributed by atoms with E-state index in [0.29, 0.717) is 5.92 Å². The van der Waals surface area contributed by atoms with Gasteiger partial charge in [0.2, 0.25) is 0 Å². The van der Waals surface area contributed by atoms with Crippen LogP contribution in [0.2, 0.25) is 0 Å². The summed E-state index contributed by atoms with van der Waals surface area (Å²) < 4.78 is 12.8. The second-order valence-corrected chi connectivity index (χ2v) is 4.94. The number of amides is 2. The monoisotopic (exact) mass is 276 g/mol. The van der Waals surface area contributed by atoms with Crippen molar-refractivity contribution in [3.63, 3.8) is 0 Å². The number of halogens is 1. The molecule has 1 aromatic rings. The summed E-state index contributed by atoms with van der Waals surface area (Å²) in [6, 6.07) is 5.49. The molecule has 1 atom stereocenters. The molecule has 1 aliphatic rings. The number of urea groups is 1. The lowest BCUT2D eigenvalue weighted by molar-refractivity contribution is 0.212. The largest absolute Gasteiger partial charge is 0.393 e. The van der Waals surface area contributed by atoms with Crippen molar-refractivity contribution in [2.24, 2.45) is 0 Å². The second kappa shape index (κ2) is 6.40. The molecule has 2 amide bonds. The number of hydrogen-bond acceptors (Lipinski definition) is 2. The van der Waals surface area contributed by atoms with Crippen LogP contribution in [-0.2, 0) is 0 Å². The first-order valence-corrected chi connectivity index (χ1v) is 6.52. The van der Waals surface area contributed by atoms with E-state index in [2.05, 4.69) is 16.6 Å². The van der Waals surface area contributed by atoms with Crippen LogP contribution >= 0.6 is 0 Å².